The van der Waals surface area contributed by atoms with E-state index in [-0.39, 0.29) is 0 Å². The van der Waals surface area contributed by atoms with Crippen LogP contribution in [0.25, 0.3) is 0 Å². The van der Waals surface area contributed by atoms with Gasteiger partial charge in [0, 0.05) is 10.5 Å². The van der Waals surface area contributed by atoms with Crippen molar-refractivity contribution in [3.8, 4) is 5.88 Å². The molecular formula is C10H12BrNO. The Balaban J connectivity index is 2.07. The standard InChI is InChI=1S/C10H12BrNO/c1-7-9(11)5-6-10(12-7)13-8-3-2-4-8/h5-6,8H,2-4H2,1H3. The fraction of sp³-hybridized carbons (Fsp3) is 0.500. The molecule has 0 bridgehead atoms. The lowest BCUT2D eigenvalue weighted by atomic mass is 9.96. The molecule has 2 nitrogen and oxygen atoms in total. The van der Waals surface area contributed by atoms with Gasteiger partial charge in [0.05, 0.1) is 5.69 Å². The zero-order valence-electron chi connectivity index (χ0n) is 7.59. The van der Waals surface area contributed by atoms with Crippen LogP contribution in [0.5, 0.6) is 5.88 Å². The first-order valence-corrected chi connectivity index (χ1v) is 5.35. The Hall–Kier alpha value is -0.570. The minimum Gasteiger partial charge on any atom is -0.474 e. The van der Waals surface area contributed by atoms with E-state index in [1.807, 2.05) is 19.1 Å². The van der Waals surface area contributed by atoms with Crippen molar-refractivity contribution in [3.63, 3.8) is 0 Å². The van der Waals surface area contributed by atoms with Crippen LogP contribution < -0.4 is 4.74 Å². The molecule has 0 N–H and O–H groups in total. The van der Waals surface area contributed by atoms with E-state index in [2.05, 4.69) is 20.9 Å². The van der Waals surface area contributed by atoms with Crippen LogP contribution in [0.15, 0.2) is 16.6 Å². The maximum Gasteiger partial charge on any atom is 0.213 e. The molecule has 0 radical (unpaired) electrons. The number of aromatic nitrogens is 1. The summed E-state index contributed by atoms with van der Waals surface area (Å²) in [6.45, 7) is 1.97. The lowest BCUT2D eigenvalue weighted by Crippen LogP contribution is -2.25. The number of hydrogen-bond donors (Lipinski definition) is 0. The van der Waals surface area contributed by atoms with Gasteiger partial charge in [-0.05, 0) is 48.2 Å². The first kappa shape index (κ1) is 9.00. The fourth-order valence-corrected chi connectivity index (χ4v) is 1.47. The molecule has 1 heterocycles. The van der Waals surface area contributed by atoms with E-state index >= 15 is 0 Å². The van der Waals surface area contributed by atoms with Gasteiger partial charge in [-0.3, -0.25) is 0 Å². The third kappa shape index (κ3) is 2.02. The monoisotopic (exact) mass is 241 g/mol. The molecule has 13 heavy (non-hydrogen) atoms. The quantitative estimate of drug-likeness (QED) is 0.795. The van der Waals surface area contributed by atoms with Gasteiger partial charge in [-0.1, -0.05) is 0 Å². The molecule has 70 valence electrons. The van der Waals surface area contributed by atoms with E-state index in [0.717, 1.165) is 16.0 Å². The summed E-state index contributed by atoms with van der Waals surface area (Å²) in [6.07, 6.45) is 4.06. The zero-order chi connectivity index (χ0) is 9.26. The molecule has 0 atom stereocenters. The van der Waals surface area contributed by atoms with Crippen molar-refractivity contribution in [2.24, 2.45) is 0 Å². The molecule has 1 aromatic heterocycles. The van der Waals surface area contributed by atoms with Crippen LogP contribution in [-0.4, -0.2) is 11.1 Å². The lowest BCUT2D eigenvalue weighted by molar-refractivity contribution is 0.114. The first-order chi connectivity index (χ1) is 6.25. The molecule has 0 saturated heterocycles. The molecule has 0 amide bonds. The minimum atomic E-state index is 0.410. The van der Waals surface area contributed by atoms with Crippen molar-refractivity contribution >= 4 is 15.9 Å². The van der Waals surface area contributed by atoms with Crippen LogP contribution in [0.4, 0.5) is 0 Å². The maximum absolute atomic E-state index is 5.65. The Kier molecular flexibility index (Phi) is 2.54. The molecule has 3 heteroatoms. The number of nitrogens with zero attached hydrogens (tertiary/aromatic N) is 1. The Bertz CT molecular complexity index is 310. The number of aryl methyl sites for hydroxylation is 1. The van der Waals surface area contributed by atoms with E-state index in [9.17, 15) is 0 Å². The first-order valence-electron chi connectivity index (χ1n) is 4.55. The molecule has 1 fully saturated rings. The largest absolute Gasteiger partial charge is 0.474 e. The highest BCUT2D eigenvalue weighted by molar-refractivity contribution is 9.10. The number of halogens is 1. The molecule has 1 aliphatic carbocycles. The summed E-state index contributed by atoms with van der Waals surface area (Å²) >= 11 is 3.41. The Morgan fingerprint density at radius 3 is 2.77 bits per heavy atom. The summed E-state index contributed by atoms with van der Waals surface area (Å²) in [5.74, 6) is 0.755. The van der Waals surface area contributed by atoms with Crippen LogP contribution >= 0.6 is 15.9 Å². The van der Waals surface area contributed by atoms with Gasteiger partial charge in [0.2, 0.25) is 5.88 Å². The van der Waals surface area contributed by atoms with Gasteiger partial charge in [0.25, 0.3) is 0 Å². The van der Waals surface area contributed by atoms with Gasteiger partial charge in [0.15, 0.2) is 0 Å². The maximum atomic E-state index is 5.65. The van der Waals surface area contributed by atoms with E-state index in [1.54, 1.807) is 0 Å². The summed E-state index contributed by atoms with van der Waals surface area (Å²) < 4.78 is 6.69. The van der Waals surface area contributed by atoms with Crippen LogP contribution in [0, 0.1) is 6.92 Å². The zero-order valence-corrected chi connectivity index (χ0v) is 9.17. The van der Waals surface area contributed by atoms with E-state index in [1.165, 1.54) is 19.3 Å². The second-order valence-corrected chi connectivity index (χ2v) is 4.24. The molecule has 1 aliphatic rings. The van der Waals surface area contributed by atoms with E-state index < -0.39 is 0 Å². The van der Waals surface area contributed by atoms with Gasteiger partial charge in [-0.2, -0.15) is 0 Å². The molecular weight excluding hydrogens is 230 g/mol. The van der Waals surface area contributed by atoms with Crippen LogP contribution in [-0.2, 0) is 0 Å². The van der Waals surface area contributed by atoms with Crippen LogP contribution in [0.1, 0.15) is 25.0 Å². The Labute approximate surface area is 86.5 Å². The average Bonchev–Trinajstić information content (AvgIpc) is 2.04. The fourth-order valence-electron chi connectivity index (χ4n) is 1.25. The highest BCUT2D eigenvalue weighted by Crippen LogP contribution is 2.25. The summed E-state index contributed by atoms with van der Waals surface area (Å²) in [4.78, 5) is 4.33. The number of hydrogen-bond acceptors (Lipinski definition) is 2. The molecule has 0 unspecified atom stereocenters. The SMILES string of the molecule is Cc1nc(OC2CCC2)ccc1Br. The Morgan fingerprint density at radius 1 is 1.46 bits per heavy atom. The molecule has 0 spiro atoms. The van der Waals surface area contributed by atoms with Crippen LogP contribution in [0.3, 0.4) is 0 Å². The van der Waals surface area contributed by atoms with Gasteiger partial charge >= 0.3 is 0 Å². The van der Waals surface area contributed by atoms with Gasteiger partial charge < -0.3 is 4.74 Å². The topological polar surface area (TPSA) is 22.1 Å². The number of pyridine rings is 1. The van der Waals surface area contributed by atoms with E-state index in [0.29, 0.717) is 6.10 Å². The molecule has 1 saturated carbocycles. The second-order valence-electron chi connectivity index (χ2n) is 3.39. The number of rotatable bonds is 2. The second kappa shape index (κ2) is 3.66. The van der Waals surface area contributed by atoms with E-state index in [4.69, 9.17) is 4.74 Å². The van der Waals surface area contributed by atoms with Crippen molar-refractivity contribution in [1.82, 2.24) is 4.98 Å². The summed E-state index contributed by atoms with van der Waals surface area (Å²) in [5.41, 5.74) is 0.983. The summed E-state index contributed by atoms with van der Waals surface area (Å²) in [5, 5.41) is 0. The molecule has 0 aromatic carbocycles. The van der Waals surface area contributed by atoms with Crippen molar-refractivity contribution < 1.29 is 4.74 Å². The Morgan fingerprint density at radius 2 is 2.23 bits per heavy atom. The van der Waals surface area contributed by atoms with Crippen molar-refractivity contribution in [2.45, 2.75) is 32.3 Å². The third-order valence-corrected chi connectivity index (χ3v) is 3.17. The highest BCUT2D eigenvalue weighted by Gasteiger charge is 2.19. The van der Waals surface area contributed by atoms with Crippen molar-refractivity contribution in [1.29, 1.82) is 0 Å². The predicted molar refractivity (Wildman–Crippen MR) is 54.9 cm³/mol. The highest BCUT2D eigenvalue weighted by atomic mass is 79.9. The number of ether oxygens (including phenoxy) is 1. The summed E-state index contributed by atoms with van der Waals surface area (Å²) in [6, 6.07) is 3.89. The summed E-state index contributed by atoms with van der Waals surface area (Å²) in [7, 11) is 0. The van der Waals surface area contributed by atoms with Crippen LogP contribution in [0.2, 0.25) is 0 Å². The average molecular weight is 242 g/mol. The third-order valence-electron chi connectivity index (χ3n) is 2.34. The van der Waals surface area contributed by atoms with Gasteiger partial charge in [-0.15, -0.1) is 0 Å². The van der Waals surface area contributed by atoms with Gasteiger partial charge in [-0.25, -0.2) is 4.98 Å². The smallest absolute Gasteiger partial charge is 0.213 e. The normalized spacial score (nSPS) is 16.8. The van der Waals surface area contributed by atoms with Crippen molar-refractivity contribution in [3.05, 3.63) is 22.3 Å². The lowest BCUT2D eigenvalue weighted by Gasteiger charge is -2.25. The minimum absolute atomic E-state index is 0.410. The molecule has 0 aliphatic heterocycles. The molecule has 2 rings (SSSR count). The molecule has 1 aromatic rings. The van der Waals surface area contributed by atoms with Gasteiger partial charge in [0.1, 0.15) is 6.10 Å². The van der Waals surface area contributed by atoms with Crippen molar-refractivity contribution in [2.75, 3.05) is 0 Å². The predicted octanol–water partition coefficient (Wildman–Crippen LogP) is 3.08.